The molecule has 0 saturated heterocycles. The third-order valence-electron chi connectivity index (χ3n) is 4.13. The van der Waals surface area contributed by atoms with Crippen LogP contribution in [0.3, 0.4) is 0 Å². The SMILES string of the molecule is CCOc1ccc(N(c2ccc(OCC)cc2)c2ccc([N+](=O)[O-])cc2)cc1. The van der Waals surface area contributed by atoms with Gasteiger partial charge in [-0.1, -0.05) is 0 Å². The van der Waals surface area contributed by atoms with Crippen molar-refractivity contribution in [3.05, 3.63) is 82.9 Å². The van der Waals surface area contributed by atoms with E-state index in [1.807, 2.05) is 67.3 Å². The van der Waals surface area contributed by atoms with Gasteiger partial charge in [0.1, 0.15) is 11.5 Å². The van der Waals surface area contributed by atoms with Crippen LogP contribution < -0.4 is 14.4 Å². The topological polar surface area (TPSA) is 64.8 Å². The van der Waals surface area contributed by atoms with Crippen molar-refractivity contribution in [1.82, 2.24) is 0 Å². The predicted molar refractivity (Wildman–Crippen MR) is 110 cm³/mol. The van der Waals surface area contributed by atoms with E-state index in [1.54, 1.807) is 12.1 Å². The molecule has 0 unspecified atom stereocenters. The van der Waals surface area contributed by atoms with E-state index in [4.69, 9.17) is 9.47 Å². The van der Waals surface area contributed by atoms with Gasteiger partial charge in [0, 0.05) is 29.2 Å². The van der Waals surface area contributed by atoms with Gasteiger partial charge in [0.05, 0.1) is 18.1 Å². The number of nitro groups is 1. The molecule has 0 saturated carbocycles. The van der Waals surface area contributed by atoms with E-state index in [1.165, 1.54) is 12.1 Å². The van der Waals surface area contributed by atoms with Crippen LogP contribution >= 0.6 is 0 Å². The van der Waals surface area contributed by atoms with Crippen LogP contribution in [0.4, 0.5) is 22.7 Å². The molecular formula is C22H22N2O4. The lowest BCUT2D eigenvalue weighted by Crippen LogP contribution is -2.10. The van der Waals surface area contributed by atoms with Gasteiger partial charge in [-0.3, -0.25) is 10.1 Å². The fourth-order valence-electron chi connectivity index (χ4n) is 2.89. The Hall–Kier alpha value is -3.54. The van der Waals surface area contributed by atoms with E-state index in [-0.39, 0.29) is 5.69 Å². The Balaban J connectivity index is 2.01. The fourth-order valence-corrected chi connectivity index (χ4v) is 2.89. The smallest absolute Gasteiger partial charge is 0.269 e. The zero-order valence-electron chi connectivity index (χ0n) is 15.9. The molecule has 0 atom stereocenters. The summed E-state index contributed by atoms with van der Waals surface area (Å²) < 4.78 is 11.1. The third kappa shape index (κ3) is 4.40. The summed E-state index contributed by atoms with van der Waals surface area (Å²) in [6.45, 7) is 5.09. The molecule has 6 heteroatoms. The number of nitro benzene ring substituents is 1. The van der Waals surface area contributed by atoms with Gasteiger partial charge >= 0.3 is 0 Å². The second-order valence-electron chi connectivity index (χ2n) is 5.96. The van der Waals surface area contributed by atoms with Gasteiger partial charge in [0.2, 0.25) is 0 Å². The zero-order valence-corrected chi connectivity index (χ0v) is 15.9. The van der Waals surface area contributed by atoms with Crippen LogP contribution in [-0.2, 0) is 0 Å². The van der Waals surface area contributed by atoms with E-state index in [2.05, 4.69) is 0 Å². The maximum Gasteiger partial charge on any atom is 0.269 e. The van der Waals surface area contributed by atoms with Crippen molar-refractivity contribution < 1.29 is 14.4 Å². The van der Waals surface area contributed by atoms with Gasteiger partial charge in [-0.2, -0.15) is 0 Å². The van der Waals surface area contributed by atoms with Gasteiger partial charge in [0.25, 0.3) is 5.69 Å². The molecule has 0 aliphatic rings. The van der Waals surface area contributed by atoms with Crippen LogP contribution in [0.15, 0.2) is 72.8 Å². The molecule has 0 aromatic heterocycles. The van der Waals surface area contributed by atoms with Crippen molar-refractivity contribution in [2.45, 2.75) is 13.8 Å². The van der Waals surface area contributed by atoms with Crippen molar-refractivity contribution in [3.63, 3.8) is 0 Å². The predicted octanol–water partition coefficient (Wildman–Crippen LogP) is 5.86. The second kappa shape index (κ2) is 8.90. The summed E-state index contributed by atoms with van der Waals surface area (Å²) in [7, 11) is 0. The zero-order chi connectivity index (χ0) is 19.9. The highest BCUT2D eigenvalue weighted by molar-refractivity contribution is 5.77. The quantitative estimate of drug-likeness (QED) is 0.363. The minimum atomic E-state index is -0.401. The molecule has 0 aliphatic heterocycles. The highest BCUT2D eigenvalue weighted by atomic mass is 16.6. The number of rotatable bonds is 8. The highest BCUT2D eigenvalue weighted by Gasteiger charge is 2.14. The first kappa shape index (κ1) is 19.2. The Bertz CT molecular complexity index is 857. The minimum absolute atomic E-state index is 0.0575. The summed E-state index contributed by atoms with van der Waals surface area (Å²) in [5.74, 6) is 1.59. The number of benzene rings is 3. The highest BCUT2D eigenvalue weighted by Crippen LogP contribution is 2.36. The monoisotopic (exact) mass is 378 g/mol. The van der Waals surface area contributed by atoms with Gasteiger partial charge in [-0.15, -0.1) is 0 Å². The van der Waals surface area contributed by atoms with Crippen LogP contribution in [0.25, 0.3) is 0 Å². The van der Waals surface area contributed by atoms with E-state index < -0.39 is 4.92 Å². The molecule has 0 bridgehead atoms. The summed E-state index contributed by atoms with van der Waals surface area (Å²) in [6.07, 6.45) is 0. The van der Waals surface area contributed by atoms with Crippen LogP contribution in [-0.4, -0.2) is 18.1 Å². The molecular weight excluding hydrogens is 356 g/mol. The Morgan fingerprint density at radius 1 is 0.714 bits per heavy atom. The average molecular weight is 378 g/mol. The molecule has 3 rings (SSSR count). The molecule has 0 aliphatic carbocycles. The van der Waals surface area contributed by atoms with Crippen molar-refractivity contribution in [2.24, 2.45) is 0 Å². The normalized spacial score (nSPS) is 10.4. The van der Waals surface area contributed by atoms with Crippen molar-refractivity contribution >= 4 is 22.7 Å². The number of anilines is 3. The summed E-state index contributed by atoms with van der Waals surface area (Å²) in [5, 5.41) is 11.0. The first-order valence-electron chi connectivity index (χ1n) is 9.12. The Morgan fingerprint density at radius 2 is 1.07 bits per heavy atom. The lowest BCUT2D eigenvalue weighted by Gasteiger charge is -2.25. The van der Waals surface area contributed by atoms with E-state index >= 15 is 0 Å². The number of hydrogen-bond donors (Lipinski definition) is 0. The minimum Gasteiger partial charge on any atom is -0.494 e. The summed E-state index contributed by atoms with van der Waals surface area (Å²) >= 11 is 0. The maximum absolute atomic E-state index is 11.0. The molecule has 3 aromatic carbocycles. The van der Waals surface area contributed by atoms with E-state index in [0.29, 0.717) is 13.2 Å². The first-order chi connectivity index (χ1) is 13.6. The lowest BCUT2D eigenvalue weighted by atomic mass is 10.1. The second-order valence-corrected chi connectivity index (χ2v) is 5.96. The molecule has 144 valence electrons. The average Bonchev–Trinajstić information content (AvgIpc) is 2.72. The number of hydrogen-bond acceptors (Lipinski definition) is 5. The van der Waals surface area contributed by atoms with Crippen LogP contribution in [0.5, 0.6) is 11.5 Å². The standard InChI is InChI=1S/C22H22N2O4/c1-3-27-21-13-9-18(10-14-21)23(17-5-7-20(8-6-17)24(25)26)19-11-15-22(16-12-19)28-4-2/h5-16H,3-4H2,1-2H3. The molecule has 28 heavy (non-hydrogen) atoms. The Morgan fingerprint density at radius 3 is 1.39 bits per heavy atom. The van der Waals surface area contributed by atoms with Crippen LogP contribution in [0, 0.1) is 10.1 Å². The molecule has 0 spiro atoms. The summed E-state index contributed by atoms with van der Waals surface area (Å²) in [5.41, 5.74) is 2.71. The largest absolute Gasteiger partial charge is 0.494 e. The van der Waals surface area contributed by atoms with Gasteiger partial charge in [-0.25, -0.2) is 0 Å². The summed E-state index contributed by atoms with van der Waals surface area (Å²) in [6, 6.07) is 22.0. The molecule has 6 nitrogen and oxygen atoms in total. The number of ether oxygens (including phenoxy) is 2. The molecule has 0 heterocycles. The van der Waals surface area contributed by atoms with Crippen molar-refractivity contribution in [2.75, 3.05) is 18.1 Å². The molecule has 0 fully saturated rings. The van der Waals surface area contributed by atoms with Crippen molar-refractivity contribution in [3.8, 4) is 11.5 Å². The lowest BCUT2D eigenvalue weighted by molar-refractivity contribution is -0.384. The van der Waals surface area contributed by atoms with Gasteiger partial charge in [-0.05, 0) is 74.5 Å². The van der Waals surface area contributed by atoms with Gasteiger partial charge in [0.15, 0.2) is 0 Å². The Labute approximate surface area is 164 Å². The van der Waals surface area contributed by atoms with Crippen LogP contribution in [0.2, 0.25) is 0 Å². The Kier molecular flexibility index (Phi) is 6.11. The molecule has 0 radical (unpaired) electrons. The maximum atomic E-state index is 11.0. The molecule has 0 amide bonds. The summed E-state index contributed by atoms with van der Waals surface area (Å²) in [4.78, 5) is 12.6. The van der Waals surface area contributed by atoms with Gasteiger partial charge < -0.3 is 14.4 Å². The van der Waals surface area contributed by atoms with E-state index in [9.17, 15) is 10.1 Å². The van der Waals surface area contributed by atoms with Crippen molar-refractivity contribution in [1.29, 1.82) is 0 Å². The number of nitrogens with zero attached hydrogens (tertiary/aromatic N) is 2. The van der Waals surface area contributed by atoms with Crippen LogP contribution in [0.1, 0.15) is 13.8 Å². The molecule has 0 N–H and O–H groups in total. The first-order valence-corrected chi connectivity index (χ1v) is 9.12. The molecule has 3 aromatic rings. The number of non-ortho nitro benzene ring substituents is 1. The van der Waals surface area contributed by atoms with E-state index in [0.717, 1.165) is 28.6 Å². The fraction of sp³-hybridized carbons (Fsp3) is 0.182. The third-order valence-corrected chi connectivity index (χ3v) is 4.13.